The summed E-state index contributed by atoms with van der Waals surface area (Å²) >= 11 is -0.575. The second kappa shape index (κ2) is 4.48. The van der Waals surface area contributed by atoms with Crippen molar-refractivity contribution < 1.29 is 22.1 Å². The maximum atomic E-state index is 11.9. The molecule has 0 bridgehead atoms. The minimum absolute atomic E-state index is 0.0632. The Bertz CT molecular complexity index is 448. The number of rotatable bonds is 2. The summed E-state index contributed by atoms with van der Waals surface area (Å²) in [4.78, 5) is 11.1. The minimum Gasteiger partial charge on any atom is -0.417 e. The van der Waals surface area contributed by atoms with Gasteiger partial charge >= 0.3 is 5.51 Å². The maximum absolute atomic E-state index is 11.9. The quantitative estimate of drug-likeness (QED) is 0.833. The number of alkyl halides is 3. The Labute approximate surface area is 99.5 Å². The van der Waals surface area contributed by atoms with Crippen molar-refractivity contribution in [3.8, 4) is 5.75 Å². The highest BCUT2D eigenvalue weighted by Crippen LogP contribution is 2.34. The first-order chi connectivity index (χ1) is 7.94. The summed E-state index contributed by atoms with van der Waals surface area (Å²) < 4.78 is 40.2. The summed E-state index contributed by atoms with van der Waals surface area (Å²) in [5, 5.41) is 2.59. The zero-order valence-electron chi connectivity index (χ0n) is 8.50. The van der Waals surface area contributed by atoms with Crippen molar-refractivity contribution in [1.29, 1.82) is 0 Å². The van der Waals surface area contributed by atoms with Gasteiger partial charge in [0.15, 0.2) is 12.0 Å². The van der Waals surface area contributed by atoms with Crippen molar-refractivity contribution in [1.82, 2.24) is 0 Å². The zero-order valence-corrected chi connectivity index (χ0v) is 9.32. The van der Waals surface area contributed by atoms with Gasteiger partial charge < -0.3 is 9.50 Å². The second-order valence-electron chi connectivity index (χ2n) is 3.48. The summed E-state index contributed by atoms with van der Waals surface area (Å²) in [6.45, 7) is 0. The number of fused-ring (bicyclic) bond motifs is 1. The normalized spacial score (nSPS) is 15.1. The summed E-state index contributed by atoms with van der Waals surface area (Å²) in [6, 6.07) is 4.50. The number of carbonyl (C=O) groups is 1. The van der Waals surface area contributed by atoms with Gasteiger partial charge in [-0.2, -0.15) is 13.2 Å². The second-order valence-corrected chi connectivity index (χ2v) is 4.28. The zero-order chi connectivity index (χ0) is 12.5. The molecule has 1 aliphatic rings. The standard InChI is InChI=1S/C10H8F3NO2S/c11-10(12,13)17-16-7-3-1-6-2-4-9(15)14-8(6)5-7/h1,3,5H,2,4H2,(H,14,15). The number of nitrogens with one attached hydrogen (secondary N) is 1. The fourth-order valence-electron chi connectivity index (χ4n) is 1.50. The topological polar surface area (TPSA) is 38.3 Å². The lowest BCUT2D eigenvalue weighted by Gasteiger charge is -2.17. The number of amides is 1. The Balaban J connectivity index is 2.10. The van der Waals surface area contributed by atoms with Crippen LogP contribution in [0.3, 0.4) is 0 Å². The number of carbonyl (C=O) groups excluding carboxylic acids is 1. The molecule has 0 fully saturated rings. The van der Waals surface area contributed by atoms with Gasteiger partial charge in [-0.25, -0.2) is 0 Å². The average Bonchev–Trinajstić information content (AvgIpc) is 2.24. The molecule has 0 spiro atoms. The average molecular weight is 263 g/mol. The highest BCUT2D eigenvalue weighted by Gasteiger charge is 2.31. The molecular formula is C10H8F3NO2S. The van der Waals surface area contributed by atoms with Crippen LogP contribution in [0.4, 0.5) is 18.9 Å². The van der Waals surface area contributed by atoms with E-state index in [-0.39, 0.29) is 11.7 Å². The molecule has 1 heterocycles. The molecule has 1 aliphatic heterocycles. The van der Waals surface area contributed by atoms with E-state index in [0.29, 0.717) is 18.5 Å². The van der Waals surface area contributed by atoms with E-state index >= 15 is 0 Å². The molecular weight excluding hydrogens is 255 g/mol. The van der Waals surface area contributed by atoms with Gasteiger partial charge in [0.25, 0.3) is 0 Å². The fraction of sp³-hybridized carbons (Fsp3) is 0.300. The SMILES string of the molecule is O=C1CCc2ccc(OSC(F)(F)F)cc2N1. The smallest absolute Gasteiger partial charge is 0.417 e. The molecule has 1 N–H and O–H groups in total. The minimum atomic E-state index is -4.45. The van der Waals surface area contributed by atoms with E-state index in [1.54, 1.807) is 6.07 Å². The molecule has 1 amide bonds. The van der Waals surface area contributed by atoms with Crippen LogP contribution in [0.25, 0.3) is 0 Å². The van der Waals surface area contributed by atoms with E-state index in [0.717, 1.165) is 5.56 Å². The number of hydrogen-bond acceptors (Lipinski definition) is 3. The van der Waals surface area contributed by atoms with Crippen molar-refractivity contribution in [3.05, 3.63) is 23.8 Å². The number of hydrogen-bond donors (Lipinski definition) is 1. The Morgan fingerprint density at radius 3 is 2.76 bits per heavy atom. The lowest BCUT2D eigenvalue weighted by Crippen LogP contribution is -2.18. The molecule has 0 aromatic heterocycles. The number of anilines is 1. The largest absolute Gasteiger partial charge is 0.479 e. The molecule has 17 heavy (non-hydrogen) atoms. The molecule has 0 unspecified atom stereocenters. The van der Waals surface area contributed by atoms with Gasteiger partial charge in [0.05, 0.1) is 0 Å². The molecule has 92 valence electrons. The van der Waals surface area contributed by atoms with E-state index in [1.165, 1.54) is 12.1 Å². The van der Waals surface area contributed by atoms with E-state index in [4.69, 9.17) is 0 Å². The molecule has 1 aromatic rings. The van der Waals surface area contributed by atoms with Crippen molar-refractivity contribution in [2.75, 3.05) is 5.32 Å². The van der Waals surface area contributed by atoms with Crippen LogP contribution in [0.1, 0.15) is 12.0 Å². The molecule has 3 nitrogen and oxygen atoms in total. The van der Waals surface area contributed by atoms with E-state index in [1.807, 2.05) is 0 Å². The lowest BCUT2D eigenvalue weighted by molar-refractivity contribution is -0.116. The third-order valence-electron chi connectivity index (χ3n) is 2.21. The Kier molecular flexibility index (Phi) is 3.19. The molecule has 1 aromatic carbocycles. The number of aryl methyl sites for hydroxylation is 1. The summed E-state index contributed by atoms with van der Waals surface area (Å²) in [5.74, 6) is -0.0774. The third kappa shape index (κ3) is 3.29. The van der Waals surface area contributed by atoms with Gasteiger partial charge in [0, 0.05) is 18.2 Å². The highest BCUT2D eigenvalue weighted by molar-refractivity contribution is 7.95. The van der Waals surface area contributed by atoms with Crippen molar-refractivity contribution in [2.24, 2.45) is 0 Å². The van der Waals surface area contributed by atoms with Crippen molar-refractivity contribution >= 4 is 23.6 Å². The maximum Gasteiger partial charge on any atom is 0.479 e. The third-order valence-corrected chi connectivity index (χ3v) is 2.67. The number of halogens is 3. The van der Waals surface area contributed by atoms with Gasteiger partial charge in [-0.3, -0.25) is 4.79 Å². The number of benzene rings is 1. The van der Waals surface area contributed by atoms with Crippen LogP contribution in [0.2, 0.25) is 0 Å². The summed E-state index contributed by atoms with van der Waals surface area (Å²) in [5.41, 5.74) is -3.03. The molecule has 0 saturated heterocycles. The first kappa shape index (κ1) is 12.1. The molecule has 0 atom stereocenters. The highest BCUT2D eigenvalue weighted by atomic mass is 32.2. The van der Waals surface area contributed by atoms with Gasteiger partial charge in [-0.05, 0) is 18.1 Å². The van der Waals surface area contributed by atoms with Crippen LogP contribution in [-0.4, -0.2) is 11.4 Å². The van der Waals surface area contributed by atoms with Gasteiger partial charge in [-0.15, -0.1) is 0 Å². The predicted molar refractivity (Wildman–Crippen MR) is 57.7 cm³/mol. The van der Waals surface area contributed by atoms with Crippen LogP contribution < -0.4 is 9.50 Å². The first-order valence-corrected chi connectivity index (χ1v) is 5.53. The lowest BCUT2D eigenvalue weighted by atomic mass is 10.0. The van der Waals surface area contributed by atoms with Crippen LogP contribution in [-0.2, 0) is 11.2 Å². The molecule has 0 radical (unpaired) electrons. The van der Waals surface area contributed by atoms with Crippen LogP contribution >= 0.6 is 12.0 Å². The summed E-state index contributed by atoms with van der Waals surface area (Å²) in [7, 11) is 0. The van der Waals surface area contributed by atoms with Gasteiger partial charge in [-0.1, -0.05) is 6.07 Å². The van der Waals surface area contributed by atoms with Gasteiger partial charge in [0.2, 0.25) is 5.91 Å². The van der Waals surface area contributed by atoms with E-state index in [9.17, 15) is 18.0 Å². The van der Waals surface area contributed by atoms with Crippen LogP contribution in [0.5, 0.6) is 5.75 Å². The predicted octanol–water partition coefficient (Wildman–Crippen LogP) is 3.12. The van der Waals surface area contributed by atoms with Crippen molar-refractivity contribution in [3.63, 3.8) is 0 Å². The molecule has 0 aliphatic carbocycles. The van der Waals surface area contributed by atoms with Crippen molar-refractivity contribution in [2.45, 2.75) is 18.3 Å². The molecule has 2 rings (SSSR count). The Morgan fingerprint density at radius 1 is 1.29 bits per heavy atom. The molecule has 7 heteroatoms. The fourth-order valence-corrected chi connectivity index (χ4v) is 1.79. The first-order valence-electron chi connectivity index (χ1n) is 4.79. The summed E-state index contributed by atoms with van der Waals surface area (Å²) in [6.07, 6.45) is 0.984. The molecule has 0 saturated carbocycles. The Morgan fingerprint density at radius 2 is 2.06 bits per heavy atom. The monoisotopic (exact) mass is 263 g/mol. The van der Waals surface area contributed by atoms with E-state index in [2.05, 4.69) is 9.50 Å². The van der Waals surface area contributed by atoms with Crippen LogP contribution in [0, 0.1) is 0 Å². The van der Waals surface area contributed by atoms with E-state index < -0.39 is 17.6 Å². The Hall–Kier alpha value is -1.37. The van der Waals surface area contributed by atoms with Crippen LogP contribution in [0.15, 0.2) is 18.2 Å². The van der Waals surface area contributed by atoms with Gasteiger partial charge in [0.1, 0.15) is 5.75 Å².